The van der Waals surface area contributed by atoms with Gasteiger partial charge in [-0.1, -0.05) is 0 Å². The number of primary amides is 1. The molecular weight excluding hydrogens is 337 g/mol. The number of nitro groups is 2. The van der Waals surface area contributed by atoms with Crippen molar-refractivity contribution in [2.75, 3.05) is 18.0 Å². The molecule has 1 aromatic carbocycles. The summed E-state index contributed by atoms with van der Waals surface area (Å²) in [5, 5.41) is 22.3. The molecule has 1 amide bonds. The monoisotopic (exact) mass is 348 g/mol. The third-order valence-electron chi connectivity index (χ3n) is 3.70. The second-order valence-corrected chi connectivity index (χ2v) is 5.21. The van der Waals surface area contributed by atoms with Crippen molar-refractivity contribution in [2.24, 2.45) is 11.7 Å². The Balaban J connectivity index is 2.63. The Labute approximate surface area is 132 Å². The third-order valence-corrected chi connectivity index (χ3v) is 3.70. The first-order valence-corrected chi connectivity index (χ1v) is 6.60. The van der Waals surface area contributed by atoms with E-state index in [0.29, 0.717) is 0 Å². The number of amides is 1. The fourth-order valence-corrected chi connectivity index (χ4v) is 2.57. The quantitative estimate of drug-likeness (QED) is 0.652. The van der Waals surface area contributed by atoms with Crippen LogP contribution in [-0.4, -0.2) is 28.8 Å². The molecule has 24 heavy (non-hydrogen) atoms. The Morgan fingerprint density at radius 1 is 1.21 bits per heavy atom. The second kappa shape index (κ2) is 5.94. The normalized spacial score (nSPS) is 17.8. The third kappa shape index (κ3) is 3.21. The maximum atomic E-state index is 12.8. The Bertz CT molecular complexity index is 686. The van der Waals surface area contributed by atoms with Crippen LogP contribution in [0.1, 0.15) is 12.0 Å². The predicted molar refractivity (Wildman–Crippen MR) is 74.3 cm³/mol. The molecule has 0 spiro atoms. The van der Waals surface area contributed by atoms with Crippen LogP contribution < -0.4 is 10.6 Å². The Morgan fingerprint density at radius 3 is 2.04 bits per heavy atom. The Hall–Kier alpha value is -2.92. The van der Waals surface area contributed by atoms with E-state index in [1.807, 2.05) is 0 Å². The van der Waals surface area contributed by atoms with E-state index >= 15 is 0 Å². The lowest BCUT2D eigenvalue weighted by Crippen LogP contribution is -2.28. The van der Waals surface area contributed by atoms with Gasteiger partial charge in [-0.2, -0.15) is 13.2 Å². The molecule has 9 nitrogen and oxygen atoms in total. The predicted octanol–water partition coefficient (Wildman–Crippen LogP) is 1.83. The maximum absolute atomic E-state index is 12.8. The molecule has 0 aromatic heterocycles. The fourth-order valence-electron chi connectivity index (χ4n) is 2.57. The number of benzene rings is 1. The van der Waals surface area contributed by atoms with Crippen LogP contribution in [0, 0.1) is 26.1 Å². The molecule has 1 aliphatic heterocycles. The van der Waals surface area contributed by atoms with E-state index in [4.69, 9.17) is 5.73 Å². The minimum Gasteiger partial charge on any atom is -0.369 e. The van der Waals surface area contributed by atoms with Crippen LogP contribution in [-0.2, 0) is 11.0 Å². The lowest BCUT2D eigenvalue weighted by molar-refractivity contribution is -0.393. The van der Waals surface area contributed by atoms with Crippen LogP contribution in [0.2, 0.25) is 0 Å². The molecule has 0 radical (unpaired) electrons. The summed E-state index contributed by atoms with van der Waals surface area (Å²) in [5.41, 5.74) is 1.01. The summed E-state index contributed by atoms with van der Waals surface area (Å²) in [6, 6.07) is 0.500. The van der Waals surface area contributed by atoms with Gasteiger partial charge < -0.3 is 10.6 Å². The van der Waals surface area contributed by atoms with Crippen molar-refractivity contribution in [3.8, 4) is 0 Å². The molecule has 0 saturated carbocycles. The van der Waals surface area contributed by atoms with E-state index in [9.17, 15) is 38.2 Å². The summed E-state index contributed by atoms with van der Waals surface area (Å²) >= 11 is 0. The van der Waals surface area contributed by atoms with E-state index in [-0.39, 0.29) is 31.6 Å². The van der Waals surface area contributed by atoms with Crippen LogP contribution in [0.5, 0.6) is 0 Å². The van der Waals surface area contributed by atoms with Crippen LogP contribution in [0.15, 0.2) is 12.1 Å². The van der Waals surface area contributed by atoms with Gasteiger partial charge in [-0.15, -0.1) is 0 Å². The highest BCUT2D eigenvalue weighted by Crippen LogP contribution is 2.44. The van der Waals surface area contributed by atoms with Crippen LogP contribution in [0.3, 0.4) is 0 Å². The van der Waals surface area contributed by atoms with Crippen molar-refractivity contribution < 1.29 is 27.8 Å². The number of anilines is 1. The first-order valence-electron chi connectivity index (χ1n) is 6.60. The average Bonchev–Trinajstić information content (AvgIpc) is 2.94. The topological polar surface area (TPSA) is 133 Å². The number of carbonyl (C=O) groups excluding carboxylic acids is 1. The summed E-state index contributed by atoms with van der Waals surface area (Å²) < 4.78 is 38.5. The minimum atomic E-state index is -4.98. The molecule has 1 aliphatic rings. The van der Waals surface area contributed by atoms with Gasteiger partial charge >= 0.3 is 6.18 Å². The molecule has 12 heteroatoms. The smallest absolute Gasteiger partial charge is 0.369 e. The highest BCUT2D eigenvalue weighted by Gasteiger charge is 2.41. The van der Waals surface area contributed by atoms with Crippen molar-refractivity contribution in [2.45, 2.75) is 12.6 Å². The van der Waals surface area contributed by atoms with E-state index < -0.39 is 50.5 Å². The SMILES string of the molecule is NC(=O)C1CCN(c2c([N+](=O)[O-])cc(C(F)(F)F)cc2[N+](=O)[O-])C1. The number of nitro benzene ring substituents is 2. The van der Waals surface area contributed by atoms with Gasteiger partial charge in [0.1, 0.15) is 0 Å². The van der Waals surface area contributed by atoms with Crippen LogP contribution >= 0.6 is 0 Å². The standard InChI is InChI=1S/C12H11F3N4O5/c13-12(14,15)7-3-8(18(21)22)10(9(4-7)19(23)24)17-2-1-6(5-17)11(16)20/h3-4,6H,1-2,5H2,(H2,16,20). The zero-order valence-corrected chi connectivity index (χ0v) is 11.9. The molecule has 0 aliphatic carbocycles. The van der Waals surface area contributed by atoms with Gasteiger partial charge in [-0.25, -0.2) is 0 Å². The zero-order valence-electron chi connectivity index (χ0n) is 11.9. The Morgan fingerprint density at radius 2 is 1.71 bits per heavy atom. The number of hydrogen-bond donors (Lipinski definition) is 1. The summed E-state index contributed by atoms with van der Waals surface area (Å²) in [5.74, 6) is -1.37. The molecule has 1 unspecified atom stereocenters. The van der Waals surface area contributed by atoms with Gasteiger partial charge in [0, 0.05) is 25.2 Å². The highest BCUT2D eigenvalue weighted by molar-refractivity contribution is 5.81. The average molecular weight is 348 g/mol. The summed E-state index contributed by atoms with van der Waals surface area (Å²) in [6.07, 6.45) is -4.78. The van der Waals surface area contributed by atoms with Crippen molar-refractivity contribution in [3.05, 3.63) is 37.9 Å². The lowest BCUT2D eigenvalue weighted by Gasteiger charge is -2.19. The molecule has 2 N–H and O–H groups in total. The van der Waals surface area contributed by atoms with E-state index in [2.05, 4.69) is 0 Å². The molecule has 1 aromatic rings. The van der Waals surface area contributed by atoms with E-state index in [0.717, 1.165) is 4.90 Å². The molecule has 1 heterocycles. The molecular formula is C12H11F3N4O5. The van der Waals surface area contributed by atoms with Crippen molar-refractivity contribution in [3.63, 3.8) is 0 Å². The van der Waals surface area contributed by atoms with Gasteiger partial charge in [0.2, 0.25) is 5.91 Å². The van der Waals surface area contributed by atoms with Gasteiger partial charge in [0.05, 0.1) is 21.3 Å². The molecule has 1 atom stereocenters. The number of alkyl halides is 3. The summed E-state index contributed by atoms with van der Waals surface area (Å²) in [7, 11) is 0. The lowest BCUT2D eigenvalue weighted by atomic mass is 10.1. The second-order valence-electron chi connectivity index (χ2n) is 5.21. The summed E-state index contributed by atoms with van der Waals surface area (Å²) in [4.78, 5) is 32.4. The number of carbonyl (C=O) groups is 1. The molecule has 130 valence electrons. The first kappa shape index (κ1) is 17.4. The molecule has 2 rings (SSSR count). The van der Waals surface area contributed by atoms with Crippen molar-refractivity contribution in [1.29, 1.82) is 0 Å². The molecule has 1 fully saturated rings. The van der Waals surface area contributed by atoms with Crippen LogP contribution in [0.25, 0.3) is 0 Å². The number of halogens is 3. The highest BCUT2D eigenvalue weighted by atomic mass is 19.4. The van der Waals surface area contributed by atoms with Gasteiger partial charge in [-0.05, 0) is 6.42 Å². The molecule has 0 bridgehead atoms. The van der Waals surface area contributed by atoms with Gasteiger partial charge in [-0.3, -0.25) is 25.0 Å². The fraction of sp³-hybridized carbons (Fsp3) is 0.417. The van der Waals surface area contributed by atoms with Gasteiger partial charge in [0.15, 0.2) is 5.69 Å². The Kier molecular flexibility index (Phi) is 4.32. The molecule has 1 saturated heterocycles. The van der Waals surface area contributed by atoms with Gasteiger partial charge in [0.25, 0.3) is 11.4 Å². The van der Waals surface area contributed by atoms with E-state index in [1.54, 1.807) is 0 Å². The first-order chi connectivity index (χ1) is 11.0. The number of hydrogen-bond acceptors (Lipinski definition) is 6. The van der Waals surface area contributed by atoms with Crippen molar-refractivity contribution in [1.82, 2.24) is 0 Å². The zero-order chi connectivity index (χ0) is 18.2. The number of nitrogens with zero attached hydrogens (tertiary/aromatic N) is 3. The number of nitrogens with two attached hydrogens (primary N) is 1. The largest absolute Gasteiger partial charge is 0.416 e. The van der Waals surface area contributed by atoms with Crippen molar-refractivity contribution >= 4 is 23.0 Å². The summed E-state index contributed by atoms with van der Waals surface area (Å²) in [6.45, 7) is -0.108. The van der Waals surface area contributed by atoms with E-state index in [1.165, 1.54) is 0 Å². The van der Waals surface area contributed by atoms with Crippen LogP contribution in [0.4, 0.5) is 30.2 Å². The maximum Gasteiger partial charge on any atom is 0.416 e. The minimum absolute atomic E-state index is 0.0284. The number of rotatable bonds is 4.